The van der Waals surface area contributed by atoms with E-state index in [1.165, 1.54) is 5.57 Å². The SMILES string of the molecule is CC(C)C1=CC=C(Br)C=CC1. The minimum absolute atomic E-state index is 0.661. The highest BCUT2D eigenvalue weighted by Crippen LogP contribution is 2.20. The molecule has 11 heavy (non-hydrogen) atoms. The largest absolute Gasteiger partial charge is 0.0793 e. The Kier molecular flexibility index (Phi) is 3.13. The first-order valence-electron chi connectivity index (χ1n) is 3.93. The summed E-state index contributed by atoms with van der Waals surface area (Å²) in [5.41, 5.74) is 1.50. The third-order valence-electron chi connectivity index (χ3n) is 1.83. The molecule has 0 radical (unpaired) electrons. The van der Waals surface area contributed by atoms with Crippen LogP contribution in [-0.4, -0.2) is 0 Å². The lowest BCUT2D eigenvalue weighted by Gasteiger charge is -2.05. The van der Waals surface area contributed by atoms with Gasteiger partial charge in [-0.15, -0.1) is 0 Å². The summed E-state index contributed by atoms with van der Waals surface area (Å²) in [5.74, 6) is 0.661. The van der Waals surface area contributed by atoms with E-state index in [9.17, 15) is 0 Å². The minimum Gasteiger partial charge on any atom is -0.0793 e. The Morgan fingerprint density at radius 1 is 1.36 bits per heavy atom. The first-order chi connectivity index (χ1) is 5.20. The first-order valence-corrected chi connectivity index (χ1v) is 4.72. The molecular formula is C10H13Br. The van der Waals surface area contributed by atoms with Crippen LogP contribution in [0.5, 0.6) is 0 Å². The highest BCUT2D eigenvalue weighted by atomic mass is 79.9. The van der Waals surface area contributed by atoms with Crippen molar-refractivity contribution in [3.05, 3.63) is 34.4 Å². The molecule has 0 heterocycles. The molecule has 0 nitrogen and oxygen atoms in total. The molecule has 1 rings (SSSR count). The minimum atomic E-state index is 0.661. The second-order valence-corrected chi connectivity index (χ2v) is 3.97. The molecule has 60 valence electrons. The smallest absolute Gasteiger partial charge is 0.0172 e. The van der Waals surface area contributed by atoms with Crippen molar-refractivity contribution in [1.29, 1.82) is 0 Å². The lowest BCUT2D eigenvalue weighted by molar-refractivity contribution is 0.748. The van der Waals surface area contributed by atoms with Gasteiger partial charge >= 0.3 is 0 Å². The zero-order valence-electron chi connectivity index (χ0n) is 6.97. The summed E-state index contributed by atoms with van der Waals surface area (Å²) < 4.78 is 1.16. The van der Waals surface area contributed by atoms with Crippen molar-refractivity contribution in [3.8, 4) is 0 Å². The van der Waals surface area contributed by atoms with Gasteiger partial charge in [-0.1, -0.05) is 53.6 Å². The molecule has 0 aromatic rings. The number of allylic oxidation sites excluding steroid dienone is 6. The molecular weight excluding hydrogens is 200 g/mol. The molecule has 0 amide bonds. The highest BCUT2D eigenvalue weighted by Gasteiger charge is 2.01. The molecule has 0 fully saturated rings. The summed E-state index contributed by atoms with van der Waals surface area (Å²) in [6, 6.07) is 0. The van der Waals surface area contributed by atoms with E-state index in [1.807, 2.05) is 0 Å². The topological polar surface area (TPSA) is 0 Å². The van der Waals surface area contributed by atoms with Gasteiger partial charge in [0.1, 0.15) is 0 Å². The Hall–Kier alpha value is -0.300. The third kappa shape index (κ3) is 2.66. The molecule has 0 aromatic heterocycles. The fourth-order valence-corrected chi connectivity index (χ4v) is 1.37. The van der Waals surface area contributed by atoms with Gasteiger partial charge in [0.15, 0.2) is 0 Å². The van der Waals surface area contributed by atoms with Gasteiger partial charge in [0.25, 0.3) is 0 Å². The van der Waals surface area contributed by atoms with Crippen molar-refractivity contribution in [2.45, 2.75) is 20.3 Å². The number of halogens is 1. The zero-order chi connectivity index (χ0) is 8.27. The summed E-state index contributed by atoms with van der Waals surface area (Å²) in [4.78, 5) is 0. The van der Waals surface area contributed by atoms with Gasteiger partial charge in [0.05, 0.1) is 0 Å². The summed E-state index contributed by atoms with van der Waals surface area (Å²) in [7, 11) is 0. The fraction of sp³-hybridized carbons (Fsp3) is 0.400. The Balaban J connectivity index is 2.78. The van der Waals surface area contributed by atoms with Crippen molar-refractivity contribution < 1.29 is 0 Å². The second-order valence-electron chi connectivity index (χ2n) is 3.05. The molecule has 0 spiro atoms. The van der Waals surface area contributed by atoms with Crippen LogP contribution >= 0.6 is 15.9 Å². The van der Waals surface area contributed by atoms with Crippen molar-refractivity contribution in [2.75, 3.05) is 0 Å². The van der Waals surface area contributed by atoms with Gasteiger partial charge in [-0.2, -0.15) is 0 Å². The van der Waals surface area contributed by atoms with E-state index in [-0.39, 0.29) is 0 Å². The predicted octanol–water partition coefficient (Wildman–Crippen LogP) is 3.81. The molecule has 0 aliphatic heterocycles. The molecule has 1 aliphatic carbocycles. The molecule has 0 atom stereocenters. The molecule has 0 aromatic carbocycles. The number of hydrogen-bond acceptors (Lipinski definition) is 0. The predicted molar refractivity (Wildman–Crippen MR) is 53.7 cm³/mol. The van der Waals surface area contributed by atoms with E-state index < -0.39 is 0 Å². The van der Waals surface area contributed by atoms with E-state index in [0.717, 1.165) is 10.9 Å². The Morgan fingerprint density at radius 2 is 2.09 bits per heavy atom. The second kappa shape index (κ2) is 3.91. The van der Waals surface area contributed by atoms with Gasteiger partial charge in [-0.25, -0.2) is 0 Å². The normalized spacial score (nSPS) is 17.8. The molecule has 0 N–H and O–H groups in total. The van der Waals surface area contributed by atoms with Crippen LogP contribution in [0, 0.1) is 5.92 Å². The van der Waals surface area contributed by atoms with E-state index in [1.54, 1.807) is 0 Å². The van der Waals surface area contributed by atoms with Crippen molar-refractivity contribution >= 4 is 15.9 Å². The van der Waals surface area contributed by atoms with E-state index >= 15 is 0 Å². The molecule has 1 aliphatic rings. The van der Waals surface area contributed by atoms with Crippen molar-refractivity contribution in [2.24, 2.45) is 5.92 Å². The van der Waals surface area contributed by atoms with Gasteiger partial charge < -0.3 is 0 Å². The van der Waals surface area contributed by atoms with Crippen molar-refractivity contribution in [1.82, 2.24) is 0 Å². The van der Waals surface area contributed by atoms with Crippen LogP contribution in [0.2, 0.25) is 0 Å². The van der Waals surface area contributed by atoms with Gasteiger partial charge in [-0.05, 0) is 18.4 Å². The summed E-state index contributed by atoms with van der Waals surface area (Å²) >= 11 is 3.44. The van der Waals surface area contributed by atoms with Gasteiger partial charge in [-0.3, -0.25) is 0 Å². The molecule has 1 heteroatoms. The molecule has 0 saturated carbocycles. The number of hydrogen-bond donors (Lipinski definition) is 0. The Morgan fingerprint density at radius 3 is 2.73 bits per heavy atom. The summed E-state index contributed by atoms with van der Waals surface area (Å²) in [6.07, 6.45) is 9.70. The standard InChI is InChI=1S/C10H13Br/c1-8(2)9-4-3-5-10(11)7-6-9/h3,5-8H,4H2,1-2H3. The first kappa shape index (κ1) is 8.79. The third-order valence-corrected chi connectivity index (χ3v) is 2.36. The average molecular weight is 213 g/mol. The average Bonchev–Trinajstić information content (AvgIpc) is 2.13. The molecule has 0 unspecified atom stereocenters. The quantitative estimate of drug-likeness (QED) is 0.621. The van der Waals surface area contributed by atoms with Crippen LogP contribution in [0.3, 0.4) is 0 Å². The van der Waals surface area contributed by atoms with Gasteiger partial charge in [0, 0.05) is 4.48 Å². The van der Waals surface area contributed by atoms with E-state index in [0.29, 0.717) is 5.92 Å². The highest BCUT2D eigenvalue weighted by molar-refractivity contribution is 9.11. The maximum atomic E-state index is 3.44. The maximum Gasteiger partial charge on any atom is 0.0172 e. The number of rotatable bonds is 1. The zero-order valence-corrected chi connectivity index (χ0v) is 8.56. The van der Waals surface area contributed by atoms with E-state index in [2.05, 4.69) is 54.1 Å². The fourth-order valence-electron chi connectivity index (χ4n) is 1.05. The Labute approximate surface area is 76.8 Å². The van der Waals surface area contributed by atoms with Crippen LogP contribution in [0.15, 0.2) is 34.4 Å². The molecule has 0 bridgehead atoms. The van der Waals surface area contributed by atoms with Crippen LogP contribution in [-0.2, 0) is 0 Å². The van der Waals surface area contributed by atoms with Crippen LogP contribution in [0.25, 0.3) is 0 Å². The van der Waals surface area contributed by atoms with Crippen molar-refractivity contribution in [3.63, 3.8) is 0 Å². The Bertz CT molecular complexity index is 219. The maximum absolute atomic E-state index is 3.44. The monoisotopic (exact) mass is 212 g/mol. The summed E-state index contributed by atoms with van der Waals surface area (Å²) in [6.45, 7) is 4.46. The lowest BCUT2D eigenvalue weighted by atomic mass is 10.0. The van der Waals surface area contributed by atoms with Crippen LogP contribution in [0.1, 0.15) is 20.3 Å². The summed E-state index contributed by atoms with van der Waals surface area (Å²) in [5, 5.41) is 0. The van der Waals surface area contributed by atoms with Crippen LogP contribution in [0.4, 0.5) is 0 Å². The van der Waals surface area contributed by atoms with E-state index in [4.69, 9.17) is 0 Å². The van der Waals surface area contributed by atoms with Crippen LogP contribution < -0.4 is 0 Å². The molecule has 0 saturated heterocycles. The van der Waals surface area contributed by atoms with Gasteiger partial charge in [0.2, 0.25) is 0 Å². The lowest BCUT2D eigenvalue weighted by Crippen LogP contribution is -1.90.